The van der Waals surface area contributed by atoms with Crippen LogP contribution in [0.5, 0.6) is 0 Å². The first-order valence-electron chi connectivity index (χ1n) is 7.71. The fraction of sp³-hybridized carbons (Fsp3) is 0.857. The predicted molar refractivity (Wildman–Crippen MR) is 81.7 cm³/mol. The Balaban J connectivity index is 1.73. The molecule has 1 aliphatic heterocycles. The third kappa shape index (κ3) is 2.91. The zero-order valence-electron chi connectivity index (χ0n) is 12.2. The number of hydrogen-bond donors (Lipinski definition) is 1. The molecule has 3 rings (SSSR count). The van der Waals surface area contributed by atoms with E-state index in [0.717, 1.165) is 30.5 Å². The van der Waals surface area contributed by atoms with Gasteiger partial charge >= 0.3 is 0 Å². The smallest absolute Gasteiger partial charge is 0.225 e. The van der Waals surface area contributed by atoms with Crippen molar-refractivity contribution < 1.29 is 4.74 Å². The van der Waals surface area contributed by atoms with Gasteiger partial charge in [-0.1, -0.05) is 12.8 Å². The van der Waals surface area contributed by atoms with E-state index in [-0.39, 0.29) is 0 Å². The van der Waals surface area contributed by atoms with E-state index in [2.05, 4.69) is 26.7 Å². The Bertz CT molecular complexity index is 486. The standard InChI is InChI=1S/C14H24N4OS/c1-17(9-11-5-4-8-19-10-11)13-15-16-14(20)18(13)12-6-2-3-7-12/h11-12H,2-10H2,1H3,(H,16,20). The van der Waals surface area contributed by atoms with E-state index in [1.54, 1.807) is 0 Å². The van der Waals surface area contributed by atoms with Gasteiger partial charge < -0.3 is 9.64 Å². The number of H-pyrrole nitrogens is 1. The van der Waals surface area contributed by atoms with E-state index in [4.69, 9.17) is 17.0 Å². The molecule has 20 heavy (non-hydrogen) atoms. The SMILES string of the molecule is CN(CC1CCCOC1)c1n[nH]c(=S)n1C1CCCC1. The van der Waals surface area contributed by atoms with E-state index < -0.39 is 0 Å². The van der Waals surface area contributed by atoms with Crippen molar-refractivity contribution >= 4 is 18.2 Å². The average molecular weight is 296 g/mol. The molecule has 2 aliphatic rings. The topological polar surface area (TPSA) is 46.1 Å². The Kier molecular flexibility index (Phi) is 4.41. The molecule has 2 heterocycles. The summed E-state index contributed by atoms with van der Waals surface area (Å²) in [6, 6.07) is 0.529. The lowest BCUT2D eigenvalue weighted by Crippen LogP contribution is -2.32. The molecule has 5 nitrogen and oxygen atoms in total. The Labute approximate surface area is 125 Å². The van der Waals surface area contributed by atoms with Crippen LogP contribution in [0.1, 0.15) is 44.6 Å². The van der Waals surface area contributed by atoms with Gasteiger partial charge in [0.25, 0.3) is 0 Å². The Hall–Kier alpha value is -0.880. The second kappa shape index (κ2) is 6.26. The summed E-state index contributed by atoms with van der Waals surface area (Å²) in [5.41, 5.74) is 0. The van der Waals surface area contributed by atoms with Crippen LogP contribution < -0.4 is 4.90 Å². The minimum atomic E-state index is 0.529. The fourth-order valence-corrected chi connectivity index (χ4v) is 3.75. The molecule has 1 saturated heterocycles. The maximum atomic E-state index is 5.57. The molecule has 1 aromatic rings. The first-order valence-corrected chi connectivity index (χ1v) is 8.12. The number of aromatic amines is 1. The molecular weight excluding hydrogens is 272 g/mol. The normalized spacial score (nSPS) is 24.1. The molecule has 1 saturated carbocycles. The Morgan fingerprint density at radius 1 is 1.35 bits per heavy atom. The fourth-order valence-electron chi connectivity index (χ4n) is 3.48. The maximum absolute atomic E-state index is 5.57. The highest BCUT2D eigenvalue weighted by atomic mass is 32.1. The highest BCUT2D eigenvalue weighted by Gasteiger charge is 2.24. The molecule has 1 N–H and O–H groups in total. The molecule has 0 spiro atoms. The zero-order chi connectivity index (χ0) is 13.9. The molecule has 0 aromatic carbocycles. The molecule has 1 aliphatic carbocycles. The summed E-state index contributed by atoms with van der Waals surface area (Å²) in [4.78, 5) is 2.24. The van der Waals surface area contributed by atoms with Crippen LogP contribution >= 0.6 is 12.2 Å². The van der Waals surface area contributed by atoms with Crippen LogP contribution in [0.4, 0.5) is 5.95 Å². The lowest BCUT2D eigenvalue weighted by atomic mass is 10.0. The van der Waals surface area contributed by atoms with Gasteiger partial charge in [0.2, 0.25) is 5.95 Å². The molecule has 0 amide bonds. The van der Waals surface area contributed by atoms with Crippen molar-refractivity contribution in [2.24, 2.45) is 5.92 Å². The van der Waals surface area contributed by atoms with E-state index in [0.29, 0.717) is 12.0 Å². The number of ether oxygens (including phenoxy) is 1. The predicted octanol–water partition coefficient (Wildman–Crippen LogP) is 2.92. The summed E-state index contributed by atoms with van der Waals surface area (Å²) < 4.78 is 8.56. The van der Waals surface area contributed by atoms with E-state index >= 15 is 0 Å². The monoisotopic (exact) mass is 296 g/mol. The van der Waals surface area contributed by atoms with Gasteiger partial charge in [-0.15, -0.1) is 5.10 Å². The van der Waals surface area contributed by atoms with Gasteiger partial charge in [0.15, 0.2) is 4.77 Å². The van der Waals surface area contributed by atoms with Crippen LogP contribution in [0.15, 0.2) is 0 Å². The minimum Gasteiger partial charge on any atom is -0.381 e. The van der Waals surface area contributed by atoms with Crippen LogP contribution in [-0.4, -0.2) is 41.6 Å². The van der Waals surface area contributed by atoms with Crippen LogP contribution in [0, 0.1) is 10.7 Å². The molecule has 0 radical (unpaired) electrons. The van der Waals surface area contributed by atoms with Crippen LogP contribution in [0.2, 0.25) is 0 Å². The molecule has 1 unspecified atom stereocenters. The van der Waals surface area contributed by atoms with Gasteiger partial charge in [-0.25, -0.2) is 5.10 Å². The van der Waals surface area contributed by atoms with E-state index in [9.17, 15) is 0 Å². The molecule has 6 heteroatoms. The first-order chi connectivity index (χ1) is 9.75. The van der Waals surface area contributed by atoms with Crippen molar-refractivity contribution in [3.63, 3.8) is 0 Å². The number of anilines is 1. The maximum Gasteiger partial charge on any atom is 0.225 e. The quantitative estimate of drug-likeness (QED) is 0.868. The van der Waals surface area contributed by atoms with Gasteiger partial charge in [-0.2, -0.15) is 0 Å². The summed E-state index contributed by atoms with van der Waals surface area (Å²) in [7, 11) is 2.12. The summed E-state index contributed by atoms with van der Waals surface area (Å²) in [6.07, 6.45) is 7.48. The van der Waals surface area contributed by atoms with Crippen LogP contribution in [0.25, 0.3) is 0 Å². The van der Waals surface area contributed by atoms with Crippen molar-refractivity contribution in [3.05, 3.63) is 4.77 Å². The lowest BCUT2D eigenvalue weighted by Gasteiger charge is -2.28. The highest BCUT2D eigenvalue weighted by molar-refractivity contribution is 7.71. The van der Waals surface area contributed by atoms with Gasteiger partial charge in [-0.3, -0.25) is 4.57 Å². The lowest BCUT2D eigenvalue weighted by molar-refractivity contribution is 0.0575. The molecule has 0 bridgehead atoms. The summed E-state index contributed by atoms with van der Waals surface area (Å²) in [6.45, 7) is 2.78. The summed E-state index contributed by atoms with van der Waals surface area (Å²) in [5.74, 6) is 1.60. The van der Waals surface area contributed by atoms with E-state index in [1.807, 2.05) is 0 Å². The third-order valence-corrected chi connectivity index (χ3v) is 4.79. The second-order valence-corrected chi connectivity index (χ2v) is 6.49. The van der Waals surface area contributed by atoms with Crippen LogP contribution in [-0.2, 0) is 4.74 Å². The van der Waals surface area contributed by atoms with Gasteiger partial charge in [0, 0.05) is 26.2 Å². The number of hydrogen-bond acceptors (Lipinski definition) is 4. The molecule has 112 valence electrons. The highest BCUT2D eigenvalue weighted by Crippen LogP contribution is 2.32. The molecule has 1 aromatic heterocycles. The summed E-state index contributed by atoms with van der Waals surface area (Å²) in [5, 5.41) is 7.43. The molecule has 1 atom stereocenters. The molecule has 2 fully saturated rings. The van der Waals surface area contributed by atoms with Crippen molar-refractivity contribution in [2.75, 3.05) is 31.7 Å². The number of nitrogens with one attached hydrogen (secondary N) is 1. The number of aromatic nitrogens is 3. The van der Waals surface area contributed by atoms with Crippen LogP contribution in [0.3, 0.4) is 0 Å². The largest absolute Gasteiger partial charge is 0.381 e. The first kappa shape index (κ1) is 14.1. The van der Waals surface area contributed by atoms with Crippen molar-refractivity contribution in [1.29, 1.82) is 0 Å². The average Bonchev–Trinajstić information content (AvgIpc) is 3.08. The number of nitrogens with zero attached hydrogens (tertiary/aromatic N) is 3. The Morgan fingerprint density at radius 2 is 2.15 bits per heavy atom. The Morgan fingerprint density at radius 3 is 2.85 bits per heavy atom. The van der Waals surface area contributed by atoms with Crippen molar-refractivity contribution in [2.45, 2.75) is 44.6 Å². The van der Waals surface area contributed by atoms with Gasteiger partial charge in [0.1, 0.15) is 0 Å². The molecular formula is C14H24N4OS. The second-order valence-electron chi connectivity index (χ2n) is 6.10. The zero-order valence-corrected chi connectivity index (χ0v) is 13.0. The summed E-state index contributed by atoms with van der Waals surface area (Å²) >= 11 is 5.43. The van der Waals surface area contributed by atoms with Gasteiger partial charge in [-0.05, 0) is 43.8 Å². The minimum absolute atomic E-state index is 0.529. The number of rotatable bonds is 4. The van der Waals surface area contributed by atoms with Crippen molar-refractivity contribution in [1.82, 2.24) is 14.8 Å². The third-order valence-electron chi connectivity index (χ3n) is 4.50. The van der Waals surface area contributed by atoms with Gasteiger partial charge in [0.05, 0.1) is 6.61 Å². The van der Waals surface area contributed by atoms with Crippen molar-refractivity contribution in [3.8, 4) is 0 Å². The van der Waals surface area contributed by atoms with E-state index in [1.165, 1.54) is 38.5 Å².